The quantitative estimate of drug-likeness (QED) is 0.389. The maximum absolute atomic E-state index is 9.52. The third kappa shape index (κ3) is 3.41. The SMILES string of the molecule is Oc1ccc(O)n1OOC(N=C1CCCC1)=NC1=CCCC1. The zero-order chi connectivity index (χ0) is 15.4. The first-order valence-corrected chi connectivity index (χ1v) is 7.51. The van der Waals surface area contributed by atoms with Crippen molar-refractivity contribution < 1.29 is 20.1 Å². The van der Waals surface area contributed by atoms with E-state index in [1.807, 2.05) is 6.08 Å². The molecule has 22 heavy (non-hydrogen) atoms. The van der Waals surface area contributed by atoms with Gasteiger partial charge in [0.25, 0.3) is 0 Å². The molecule has 1 fully saturated rings. The summed E-state index contributed by atoms with van der Waals surface area (Å²) >= 11 is 0. The Bertz CT molecular complexity index is 603. The minimum Gasteiger partial charge on any atom is -0.492 e. The molecular weight excluding hydrogens is 286 g/mol. The van der Waals surface area contributed by atoms with Crippen LogP contribution in [-0.4, -0.2) is 26.7 Å². The van der Waals surface area contributed by atoms with Crippen molar-refractivity contribution in [2.45, 2.75) is 44.9 Å². The highest BCUT2D eigenvalue weighted by Crippen LogP contribution is 2.21. The van der Waals surface area contributed by atoms with E-state index in [1.165, 1.54) is 12.1 Å². The minimum absolute atomic E-state index is 0.0950. The Morgan fingerprint density at radius 2 is 1.77 bits per heavy atom. The molecule has 1 aromatic heterocycles. The van der Waals surface area contributed by atoms with E-state index in [0.717, 1.165) is 61.1 Å². The summed E-state index contributed by atoms with van der Waals surface area (Å²) in [5.41, 5.74) is 1.95. The summed E-state index contributed by atoms with van der Waals surface area (Å²) in [4.78, 5) is 18.8. The Hall–Kier alpha value is -2.44. The summed E-state index contributed by atoms with van der Waals surface area (Å²) in [5.74, 6) is -0.545. The number of aromatic hydroxyl groups is 2. The van der Waals surface area contributed by atoms with Crippen molar-refractivity contribution in [2.24, 2.45) is 9.98 Å². The molecule has 0 saturated heterocycles. The van der Waals surface area contributed by atoms with Gasteiger partial charge in [-0.1, -0.05) is 10.8 Å². The predicted octanol–water partition coefficient (Wildman–Crippen LogP) is 2.70. The molecule has 118 valence electrons. The molecule has 0 unspecified atom stereocenters. The molecule has 0 aromatic carbocycles. The monoisotopic (exact) mass is 305 g/mol. The molecule has 0 atom stereocenters. The molecule has 0 spiro atoms. The fourth-order valence-corrected chi connectivity index (χ4v) is 2.52. The molecule has 1 aromatic rings. The van der Waals surface area contributed by atoms with Gasteiger partial charge in [-0.25, -0.2) is 9.88 Å². The molecule has 2 N–H and O–H groups in total. The van der Waals surface area contributed by atoms with Gasteiger partial charge in [0.2, 0.25) is 11.8 Å². The van der Waals surface area contributed by atoms with Gasteiger partial charge in [-0.3, -0.25) is 0 Å². The predicted molar refractivity (Wildman–Crippen MR) is 80.7 cm³/mol. The number of hydrogen-bond acceptors (Lipinski definition) is 5. The van der Waals surface area contributed by atoms with Crippen LogP contribution in [0.3, 0.4) is 0 Å². The fourth-order valence-electron chi connectivity index (χ4n) is 2.52. The summed E-state index contributed by atoms with van der Waals surface area (Å²) in [6.07, 6.45) is 9.11. The molecule has 0 amide bonds. The van der Waals surface area contributed by atoms with Crippen LogP contribution in [-0.2, 0) is 4.89 Å². The van der Waals surface area contributed by atoms with Crippen molar-refractivity contribution in [3.05, 3.63) is 23.9 Å². The lowest BCUT2D eigenvalue weighted by molar-refractivity contribution is -0.230. The summed E-state index contributed by atoms with van der Waals surface area (Å²) in [6.45, 7) is 0. The molecule has 0 bridgehead atoms. The molecule has 7 heteroatoms. The molecule has 2 aliphatic rings. The van der Waals surface area contributed by atoms with E-state index >= 15 is 0 Å². The van der Waals surface area contributed by atoms with E-state index in [1.54, 1.807) is 0 Å². The lowest BCUT2D eigenvalue weighted by atomic mass is 10.3. The standard InChI is InChI=1S/C15H19N3O4/c19-13-9-10-14(20)18(13)22-21-15(16-11-5-1-2-6-11)17-12-7-3-4-8-12/h5,9-10,19-20H,1-4,6-8H2. The molecule has 0 radical (unpaired) electrons. The number of nitrogens with zero attached hydrogens (tertiary/aromatic N) is 3. The van der Waals surface area contributed by atoms with Gasteiger partial charge in [0.15, 0.2) is 0 Å². The first-order valence-electron chi connectivity index (χ1n) is 7.51. The Morgan fingerprint density at radius 1 is 1.05 bits per heavy atom. The fraction of sp³-hybridized carbons (Fsp3) is 0.467. The molecular formula is C15H19N3O4. The van der Waals surface area contributed by atoms with E-state index in [0.29, 0.717) is 0 Å². The summed E-state index contributed by atoms with van der Waals surface area (Å²) in [6, 6.07) is 2.67. The van der Waals surface area contributed by atoms with E-state index in [4.69, 9.17) is 9.88 Å². The van der Waals surface area contributed by atoms with Gasteiger partial charge in [0, 0.05) is 23.5 Å². The average Bonchev–Trinajstić information content (AvgIpc) is 3.22. The Kier molecular flexibility index (Phi) is 4.32. The second-order valence-electron chi connectivity index (χ2n) is 5.37. The van der Waals surface area contributed by atoms with Crippen LogP contribution in [0.2, 0.25) is 0 Å². The number of amidine groups is 1. The largest absolute Gasteiger partial charge is 0.492 e. The molecule has 1 saturated carbocycles. The third-order valence-electron chi connectivity index (χ3n) is 3.67. The van der Waals surface area contributed by atoms with Crippen LogP contribution < -0.4 is 4.99 Å². The van der Waals surface area contributed by atoms with Gasteiger partial charge in [0.1, 0.15) is 0 Å². The normalized spacial score (nSPS) is 18.5. The van der Waals surface area contributed by atoms with Gasteiger partial charge >= 0.3 is 6.02 Å². The summed E-state index contributed by atoms with van der Waals surface area (Å²) in [5, 5.41) is 19.0. The van der Waals surface area contributed by atoms with Crippen LogP contribution in [0.25, 0.3) is 0 Å². The van der Waals surface area contributed by atoms with Crippen LogP contribution in [0.15, 0.2) is 33.9 Å². The van der Waals surface area contributed by atoms with Crippen molar-refractivity contribution in [3.8, 4) is 11.8 Å². The van der Waals surface area contributed by atoms with Crippen LogP contribution >= 0.6 is 0 Å². The minimum atomic E-state index is -0.273. The Balaban J connectivity index is 1.74. The highest BCUT2D eigenvalue weighted by atomic mass is 17.3. The van der Waals surface area contributed by atoms with Gasteiger partial charge in [-0.15, -0.1) is 0 Å². The van der Waals surface area contributed by atoms with Crippen molar-refractivity contribution >= 4 is 11.7 Å². The number of allylic oxidation sites excluding steroid dienone is 2. The summed E-state index contributed by atoms with van der Waals surface area (Å²) < 4.78 is 0.757. The van der Waals surface area contributed by atoms with Crippen LogP contribution in [0, 0.1) is 0 Å². The van der Waals surface area contributed by atoms with E-state index in [-0.39, 0.29) is 17.8 Å². The number of aliphatic imine (C=N–C) groups is 2. The second-order valence-corrected chi connectivity index (χ2v) is 5.37. The van der Waals surface area contributed by atoms with E-state index in [9.17, 15) is 10.2 Å². The number of aromatic nitrogens is 1. The van der Waals surface area contributed by atoms with Crippen molar-refractivity contribution in [2.75, 3.05) is 0 Å². The van der Waals surface area contributed by atoms with Gasteiger partial charge in [-0.2, -0.15) is 9.98 Å². The third-order valence-corrected chi connectivity index (χ3v) is 3.67. The van der Waals surface area contributed by atoms with Gasteiger partial charge < -0.3 is 10.2 Å². The molecule has 0 aliphatic heterocycles. The Morgan fingerprint density at radius 3 is 2.41 bits per heavy atom. The Labute approximate surface area is 128 Å². The molecule has 2 aliphatic carbocycles. The molecule has 1 heterocycles. The topological polar surface area (TPSA) is 88.6 Å². The highest BCUT2D eigenvalue weighted by molar-refractivity contribution is 5.96. The van der Waals surface area contributed by atoms with Gasteiger partial charge in [0.05, 0.1) is 0 Å². The first-order chi connectivity index (χ1) is 10.7. The van der Waals surface area contributed by atoms with Crippen LogP contribution in [0.1, 0.15) is 44.9 Å². The maximum atomic E-state index is 9.52. The molecule has 3 rings (SSSR count). The summed E-state index contributed by atoms with van der Waals surface area (Å²) in [7, 11) is 0. The molecule has 7 nitrogen and oxygen atoms in total. The van der Waals surface area contributed by atoms with E-state index in [2.05, 4.69) is 9.98 Å². The second kappa shape index (κ2) is 6.55. The zero-order valence-electron chi connectivity index (χ0n) is 12.2. The smallest absolute Gasteiger partial charge is 0.369 e. The van der Waals surface area contributed by atoms with Crippen molar-refractivity contribution in [3.63, 3.8) is 0 Å². The zero-order valence-corrected chi connectivity index (χ0v) is 12.2. The first kappa shape index (κ1) is 14.5. The maximum Gasteiger partial charge on any atom is 0.369 e. The number of hydrogen-bond donors (Lipinski definition) is 2. The van der Waals surface area contributed by atoms with Gasteiger partial charge in [-0.05, 0) is 44.9 Å². The van der Waals surface area contributed by atoms with Crippen LogP contribution in [0.5, 0.6) is 11.8 Å². The van der Waals surface area contributed by atoms with Crippen LogP contribution in [0.4, 0.5) is 0 Å². The number of rotatable bonds is 3. The van der Waals surface area contributed by atoms with E-state index < -0.39 is 0 Å². The average molecular weight is 305 g/mol. The lowest BCUT2D eigenvalue weighted by Crippen LogP contribution is -2.16. The lowest BCUT2D eigenvalue weighted by Gasteiger charge is -2.07. The van der Waals surface area contributed by atoms with Crippen molar-refractivity contribution in [1.82, 2.24) is 4.73 Å². The highest BCUT2D eigenvalue weighted by Gasteiger charge is 2.15. The van der Waals surface area contributed by atoms with Crippen molar-refractivity contribution in [1.29, 1.82) is 0 Å².